The predicted molar refractivity (Wildman–Crippen MR) is 33.6 cm³/mol. The summed E-state index contributed by atoms with van der Waals surface area (Å²) in [5.74, 6) is 0. The van der Waals surface area contributed by atoms with Gasteiger partial charge in [0.15, 0.2) is 0 Å². The van der Waals surface area contributed by atoms with Crippen LogP contribution in [0, 0.1) is 0 Å². The molecule has 0 nitrogen and oxygen atoms in total. The molecule has 0 spiro atoms. The summed E-state index contributed by atoms with van der Waals surface area (Å²) >= 11 is -0.909. The molecular weight excluding hydrogens is 211 g/mol. The molecule has 0 heterocycles. The fourth-order valence-corrected chi connectivity index (χ4v) is 3.17. The van der Waals surface area contributed by atoms with Gasteiger partial charge in [0.25, 0.3) is 0 Å². The van der Waals surface area contributed by atoms with Crippen molar-refractivity contribution in [2.24, 2.45) is 0 Å². The Labute approximate surface area is 71.1 Å². The van der Waals surface area contributed by atoms with E-state index in [1.807, 2.05) is 0 Å². The number of hydrogen-bond acceptors (Lipinski definition) is 0. The molecule has 0 fully saturated rings. The van der Waals surface area contributed by atoms with E-state index in [1.54, 1.807) is 3.28 Å². The standard InChI is InChI=1S/C5H5.2CH3.ClH.Zr/c1-2-4-5-3-1;;;;/h1-3H,4H2;2*1H3;1H;/q;;;;+1/p-1. The monoisotopic (exact) mass is 220 g/mol. The molecule has 0 bridgehead atoms. The van der Waals surface area contributed by atoms with Crippen molar-refractivity contribution in [2.45, 2.75) is 15.7 Å². The summed E-state index contributed by atoms with van der Waals surface area (Å²) in [6.45, 7) is 0. The largest absolute Gasteiger partial charge is 1.00 e. The Morgan fingerprint density at radius 3 is 2.33 bits per heavy atom. The van der Waals surface area contributed by atoms with E-state index in [9.17, 15) is 0 Å². The van der Waals surface area contributed by atoms with Crippen LogP contribution in [0.25, 0.3) is 0 Å². The quantitative estimate of drug-likeness (QED) is 0.563. The van der Waals surface area contributed by atoms with E-state index in [0.29, 0.717) is 0 Å². The Morgan fingerprint density at radius 2 is 2.11 bits per heavy atom. The molecule has 0 radical (unpaired) electrons. The first-order chi connectivity index (χ1) is 3.80. The smallest absolute Gasteiger partial charge is 1.00 e. The van der Waals surface area contributed by atoms with Crippen molar-refractivity contribution < 1.29 is 34.2 Å². The van der Waals surface area contributed by atoms with Crippen LogP contribution in [0.5, 0.6) is 0 Å². The summed E-state index contributed by atoms with van der Waals surface area (Å²) in [4.78, 5) is 0. The summed E-state index contributed by atoms with van der Waals surface area (Å²) in [5, 5.41) is 0. The van der Waals surface area contributed by atoms with Gasteiger partial charge in [-0.25, -0.2) is 0 Å². The van der Waals surface area contributed by atoms with E-state index >= 15 is 0 Å². The van der Waals surface area contributed by atoms with Gasteiger partial charge in [0.2, 0.25) is 0 Å². The van der Waals surface area contributed by atoms with Gasteiger partial charge < -0.3 is 12.4 Å². The van der Waals surface area contributed by atoms with Crippen LogP contribution < -0.4 is 12.4 Å². The zero-order valence-corrected chi connectivity index (χ0v) is 9.03. The molecule has 0 aromatic carbocycles. The summed E-state index contributed by atoms with van der Waals surface area (Å²) in [6.07, 6.45) is 8.00. The van der Waals surface area contributed by atoms with Crippen molar-refractivity contribution in [1.82, 2.24) is 0 Å². The fourth-order valence-electron chi connectivity index (χ4n) is 0.818. The molecule has 9 heavy (non-hydrogen) atoms. The molecule has 0 amide bonds. The van der Waals surface area contributed by atoms with E-state index in [1.165, 1.54) is 6.42 Å². The molecule has 0 N–H and O–H groups in total. The molecule has 0 atom stereocenters. The maximum absolute atomic E-state index is 2.43. The van der Waals surface area contributed by atoms with Crippen LogP contribution >= 0.6 is 0 Å². The van der Waals surface area contributed by atoms with Crippen LogP contribution in [-0.2, 0) is 21.8 Å². The van der Waals surface area contributed by atoms with Crippen molar-refractivity contribution in [1.29, 1.82) is 0 Å². The first kappa shape index (κ1) is 9.65. The third-order valence-electron chi connectivity index (χ3n) is 1.41. The van der Waals surface area contributed by atoms with Crippen molar-refractivity contribution >= 4 is 0 Å². The Balaban J connectivity index is 0.000000640. The Kier molecular flexibility index (Phi) is 4.79. The van der Waals surface area contributed by atoms with Gasteiger partial charge in [-0.1, -0.05) is 0 Å². The number of rotatable bonds is 1. The maximum atomic E-state index is 2.43. The molecule has 50 valence electrons. The van der Waals surface area contributed by atoms with Crippen LogP contribution in [0.2, 0.25) is 9.26 Å². The minimum absolute atomic E-state index is 0. The summed E-state index contributed by atoms with van der Waals surface area (Å²) < 4.78 is 6.62. The first-order valence-corrected chi connectivity index (χ1v) is 9.11. The molecule has 0 saturated carbocycles. The van der Waals surface area contributed by atoms with Crippen LogP contribution in [0.1, 0.15) is 6.42 Å². The summed E-state index contributed by atoms with van der Waals surface area (Å²) in [5.41, 5.74) is 0. The molecule has 0 saturated heterocycles. The Hall–Kier alpha value is 0.653. The van der Waals surface area contributed by atoms with Crippen molar-refractivity contribution in [3.63, 3.8) is 0 Å². The van der Waals surface area contributed by atoms with Gasteiger partial charge in [-0.05, 0) is 0 Å². The molecule has 2 heteroatoms. The van der Waals surface area contributed by atoms with Gasteiger partial charge in [0, 0.05) is 0 Å². The van der Waals surface area contributed by atoms with Gasteiger partial charge in [-0.3, -0.25) is 0 Å². The molecule has 0 aromatic rings. The number of hydrogen-bond donors (Lipinski definition) is 0. The molecule has 0 unspecified atom stereocenters. The molecule has 0 aliphatic heterocycles. The van der Waals surface area contributed by atoms with Gasteiger partial charge in [0.05, 0.1) is 0 Å². The van der Waals surface area contributed by atoms with Crippen LogP contribution in [0.15, 0.2) is 21.5 Å². The summed E-state index contributed by atoms with van der Waals surface area (Å²) in [7, 11) is 0. The molecule has 1 rings (SSSR count). The SMILES string of the molecule is [CH3][Zr+]([CH3])[C]1=CC=CC1.[Cl-]. The molecule has 1 aliphatic carbocycles. The van der Waals surface area contributed by atoms with Crippen molar-refractivity contribution in [3.05, 3.63) is 21.5 Å². The second-order valence-electron chi connectivity index (χ2n) is 2.32. The third kappa shape index (κ3) is 2.82. The molecule has 0 aromatic heterocycles. The van der Waals surface area contributed by atoms with E-state index in [-0.39, 0.29) is 12.4 Å². The van der Waals surface area contributed by atoms with E-state index in [2.05, 4.69) is 27.5 Å². The summed E-state index contributed by atoms with van der Waals surface area (Å²) in [6, 6.07) is 0. The van der Waals surface area contributed by atoms with Gasteiger partial charge in [-0.15, -0.1) is 0 Å². The van der Waals surface area contributed by atoms with Crippen LogP contribution in [0.4, 0.5) is 0 Å². The van der Waals surface area contributed by atoms with E-state index in [4.69, 9.17) is 0 Å². The van der Waals surface area contributed by atoms with Gasteiger partial charge in [-0.2, -0.15) is 0 Å². The zero-order chi connectivity index (χ0) is 5.98. The first-order valence-electron chi connectivity index (χ1n) is 2.97. The average molecular weight is 222 g/mol. The third-order valence-corrected chi connectivity index (χ3v) is 5.48. The van der Waals surface area contributed by atoms with E-state index < -0.39 is 21.8 Å². The normalized spacial score (nSPS) is 14.7. The minimum atomic E-state index is -0.909. The molecular formula is C7H11ClZr. The van der Waals surface area contributed by atoms with Crippen LogP contribution in [0.3, 0.4) is 0 Å². The minimum Gasteiger partial charge on any atom is -1.00 e. The Morgan fingerprint density at radius 1 is 1.44 bits per heavy atom. The fraction of sp³-hybridized carbons (Fsp3) is 0.429. The Bertz CT molecular complexity index is 136. The second-order valence-corrected chi connectivity index (χ2v) is 8.82. The van der Waals surface area contributed by atoms with Crippen molar-refractivity contribution in [2.75, 3.05) is 0 Å². The topological polar surface area (TPSA) is 0 Å². The maximum Gasteiger partial charge on any atom is -1.00 e. The van der Waals surface area contributed by atoms with Crippen LogP contribution in [-0.4, -0.2) is 0 Å². The second kappa shape index (κ2) is 4.47. The number of allylic oxidation sites excluding steroid dienone is 4. The average Bonchev–Trinajstić information content (AvgIpc) is 2.12. The van der Waals surface area contributed by atoms with E-state index in [0.717, 1.165) is 0 Å². The van der Waals surface area contributed by atoms with Crippen molar-refractivity contribution in [3.8, 4) is 0 Å². The molecule has 1 aliphatic rings. The van der Waals surface area contributed by atoms with Gasteiger partial charge in [0.1, 0.15) is 0 Å². The zero-order valence-electron chi connectivity index (χ0n) is 5.82. The number of halogens is 1. The predicted octanol–water partition coefficient (Wildman–Crippen LogP) is -0.451. The van der Waals surface area contributed by atoms with Gasteiger partial charge >= 0.3 is 58.9 Å².